The fourth-order valence-electron chi connectivity index (χ4n) is 0.928. The Morgan fingerprint density at radius 2 is 2.12 bits per heavy atom. The van der Waals surface area contributed by atoms with Gasteiger partial charge in [0, 0.05) is 4.47 Å². The van der Waals surface area contributed by atoms with Gasteiger partial charge in [-0.05, 0) is 41.9 Å². The maximum atomic E-state index is 12.9. The number of amides is 1. The van der Waals surface area contributed by atoms with Gasteiger partial charge in [0.05, 0.1) is 10.7 Å². The van der Waals surface area contributed by atoms with Crippen molar-refractivity contribution in [2.75, 3.05) is 5.32 Å². The molecule has 0 aliphatic rings. The molecule has 0 bridgehead atoms. The van der Waals surface area contributed by atoms with Crippen molar-refractivity contribution in [3.8, 4) is 0 Å². The molecule has 0 saturated carbocycles. The molecule has 1 aromatic rings. The molecule has 1 rings (SSSR count). The Morgan fingerprint density at radius 1 is 1.56 bits per heavy atom. The van der Waals surface area contributed by atoms with E-state index in [4.69, 9.17) is 11.6 Å². The molecule has 0 atom stereocenters. The van der Waals surface area contributed by atoms with Crippen LogP contribution < -0.4 is 5.32 Å². The predicted octanol–water partition coefficient (Wildman–Crippen LogP) is 2.95. The fourth-order valence-corrected chi connectivity index (χ4v) is 1.83. The van der Waals surface area contributed by atoms with E-state index < -0.39 is 17.3 Å². The van der Waals surface area contributed by atoms with E-state index >= 15 is 0 Å². The van der Waals surface area contributed by atoms with Crippen molar-refractivity contribution >= 4 is 39.1 Å². The number of carbonyl (C=O) groups is 1. The van der Waals surface area contributed by atoms with Gasteiger partial charge < -0.3 is 10.4 Å². The van der Waals surface area contributed by atoms with Crippen LogP contribution in [-0.4, -0.2) is 16.6 Å². The molecular formula is C10H10BrClFNO2. The minimum absolute atomic E-state index is 0.0597. The number of hydrogen-bond acceptors (Lipinski definition) is 2. The molecule has 0 unspecified atom stereocenters. The van der Waals surface area contributed by atoms with E-state index in [0.29, 0.717) is 4.47 Å². The van der Waals surface area contributed by atoms with Gasteiger partial charge in [0.1, 0.15) is 11.4 Å². The number of benzene rings is 1. The number of halogens is 3. The lowest BCUT2D eigenvalue weighted by molar-refractivity contribution is -0.130. The molecule has 16 heavy (non-hydrogen) atoms. The van der Waals surface area contributed by atoms with E-state index in [9.17, 15) is 14.3 Å². The Labute approximate surface area is 106 Å². The summed E-state index contributed by atoms with van der Waals surface area (Å²) < 4.78 is 13.2. The monoisotopic (exact) mass is 309 g/mol. The van der Waals surface area contributed by atoms with Crippen molar-refractivity contribution in [2.24, 2.45) is 0 Å². The molecular weight excluding hydrogens is 300 g/mol. The second-order valence-electron chi connectivity index (χ2n) is 3.76. The Morgan fingerprint density at radius 3 is 2.56 bits per heavy atom. The highest BCUT2D eigenvalue weighted by molar-refractivity contribution is 9.10. The second-order valence-corrected chi connectivity index (χ2v) is 5.02. The highest BCUT2D eigenvalue weighted by Crippen LogP contribution is 2.32. The third-order valence-corrected chi connectivity index (χ3v) is 2.72. The molecule has 1 amide bonds. The first-order valence-corrected chi connectivity index (χ1v) is 5.57. The summed E-state index contributed by atoms with van der Waals surface area (Å²) in [6.07, 6.45) is 0. The Kier molecular flexibility index (Phi) is 3.93. The second kappa shape index (κ2) is 4.69. The van der Waals surface area contributed by atoms with Gasteiger partial charge in [-0.2, -0.15) is 0 Å². The molecule has 0 aliphatic heterocycles. The van der Waals surface area contributed by atoms with Crippen molar-refractivity contribution in [1.29, 1.82) is 0 Å². The van der Waals surface area contributed by atoms with Crippen molar-refractivity contribution in [1.82, 2.24) is 0 Å². The quantitative estimate of drug-likeness (QED) is 0.882. The third kappa shape index (κ3) is 3.17. The van der Waals surface area contributed by atoms with Crippen LogP contribution in [0.15, 0.2) is 16.6 Å². The molecule has 0 aliphatic carbocycles. The Hall–Kier alpha value is -0.650. The Bertz CT molecular complexity index is 408. The zero-order chi connectivity index (χ0) is 12.5. The van der Waals surface area contributed by atoms with Crippen LogP contribution in [0.5, 0.6) is 0 Å². The van der Waals surface area contributed by atoms with Crippen LogP contribution in [-0.2, 0) is 4.79 Å². The van der Waals surface area contributed by atoms with Crippen LogP contribution in [0.1, 0.15) is 13.8 Å². The summed E-state index contributed by atoms with van der Waals surface area (Å²) in [5, 5.41) is 11.9. The zero-order valence-electron chi connectivity index (χ0n) is 8.64. The third-order valence-electron chi connectivity index (χ3n) is 1.80. The number of rotatable bonds is 2. The first kappa shape index (κ1) is 13.4. The minimum atomic E-state index is -1.53. The molecule has 0 spiro atoms. The highest BCUT2D eigenvalue weighted by Gasteiger charge is 2.25. The van der Waals surface area contributed by atoms with Gasteiger partial charge >= 0.3 is 0 Å². The van der Waals surface area contributed by atoms with Gasteiger partial charge in [0.2, 0.25) is 0 Å². The van der Waals surface area contributed by atoms with Crippen molar-refractivity contribution in [3.05, 3.63) is 27.4 Å². The number of hydrogen-bond donors (Lipinski definition) is 2. The molecule has 3 nitrogen and oxygen atoms in total. The highest BCUT2D eigenvalue weighted by atomic mass is 79.9. The van der Waals surface area contributed by atoms with Gasteiger partial charge in [-0.15, -0.1) is 0 Å². The summed E-state index contributed by atoms with van der Waals surface area (Å²) in [6, 6.07) is 2.25. The first-order valence-electron chi connectivity index (χ1n) is 4.40. The van der Waals surface area contributed by atoms with Gasteiger partial charge in [0.25, 0.3) is 5.91 Å². The van der Waals surface area contributed by atoms with Gasteiger partial charge in [-0.25, -0.2) is 4.39 Å². The zero-order valence-corrected chi connectivity index (χ0v) is 11.0. The van der Waals surface area contributed by atoms with Gasteiger partial charge in [-0.3, -0.25) is 4.79 Å². The van der Waals surface area contributed by atoms with Crippen molar-refractivity contribution in [3.63, 3.8) is 0 Å². The molecule has 6 heteroatoms. The lowest BCUT2D eigenvalue weighted by atomic mass is 10.1. The van der Waals surface area contributed by atoms with Gasteiger partial charge in [-0.1, -0.05) is 11.6 Å². The standard InChI is InChI=1S/C10H10BrClFNO2/c1-10(2,16)9(15)14-8-6(11)3-5(13)4-7(8)12/h3-4,16H,1-2H3,(H,14,15). The molecule has 0 saturated heterocycles. The average Bonchev–Trinajstić information content (AvgIpc) is 2.08. The van der Waals surface area contributed by atoms with Crippen LogP contribution in [0.25, 0.3) is 0 Å². The lowest BCUT2D eigenvalue weighted by Crippen LogP contribution is -2.36. The summed E-state index contributed by atoms with van der Waals surface area (Å²) in [4.78, 5) is 11.5. The van der Waals surface area contributed by atoms with Crippen molar-refractivity contribution in [2.45, 2.75) is 19.4 Å². The summed E-state index contributed by atoms with van der Waals surface area (Å²) in [6.45, 7) is 2.68. The topological polar surface area (TPSA) is 49.3 Å². The molecule has 88 valence electrons. The van der Waals surface area contributed by atoms with E-state index in [-0.39, 0.29) is 10.7 Å². The van der Waals surface area contributed by atoms with E-state index in [0.717, 1.165) is 6.07 Å². The number of aliphatic hydroxyl groups is 1. The SMILES string of the molecule is CC(C)(O)C(=O)Nc1c(Cl)cc(F)cc1Br. The molecule has 0 aromatic heterocycles. The Balaban J connectivity index is 3.03. The van der Waals surface area contributed by atoms with E-state index in [1.165, 1.54) is 19.9 Å². The summed E-state index contributed by atoms with van der Waals surface area (Å²) in [7, 11) is 0. The average molecular weight is 311 g/mol. The predicted molar refractivity (Wildman–Crippen MR) is 64.0 cm³/mol. The van der Waals surface area contributed by atoms with E-state index in [1.54, 1.807) is 0 Å². The number of nitrogens with one attached hydrogen (secondary N) is 1. The smallest absolute Gasteiger partial charge is 0.255 e. The molecule has 2 N–H and O–H groups in total. The molecule has 1 aromatic carbocycles. The molecule has 0 heterocycles. The molecule has 0 radical (unpaired) electrons. The first-order chi connectivity index (χ1) is 7.21. The summed E-state index contributed by atoms with van der Waals surface area (Å²) in [5.41, 5.74) is -1.30. The van der Waals surface area contributed by atoms with Crippen LogP contribution >= 0.6 is 27.5 Å². The fraction of sp³-hybridized carbons (Fsp3) is 0.300. The maximum Gasteiger partial charge on any atom is 0.255 e. The van der Waals surface area contributed by atoms with Gasteiger partial charge in [0.15, 0.2) is 0 Å². The summed E-state index contributed by atoms with van der Waals surface area (Å²) >= 11 is 8.83. The maximum absolute atomic E-state index is 12.9. The van der Waals surface area contributed by atoms with Crippen LogP contribution in [0, 0.1) is 5.82 Å². The van der Waals surface area contributed by atoms with Crippen LogP contribution in [0.2, 0.25) is 5.02 Å². The number of anilines is 1. The van der Waals surface area contributed by atoms with Crippen LogP contribution in [0.4, 0.5) is 10.1 Å². The largest absolute Gasteiger partial charge is 0.381 e. The normalized spacial score (nSPS) is 11.4. The summed E-state index contributed by atoms with van der Waals surface area (Å²) in [5.74, 6) is -1.14. The lowest BCUT2D eigenvalue weighted by Gasteiger charge is -2.18. The molecule has 0 fully saturated rings. The number of carbonyl (C=O) groups excluding carboxylic acids is 1. The van der Waals surface area contributed by atoms with Crippen molar-refractivity contribution < 1.29 is 14.3 Å². The van der Waals surface area contributed by atoms with Crippen LogP contribution in [0.3, 0.4) is 0 Å². The van der Waals surface area contributed by atoms with E-state index in [2.05, 4.69) is 21.2 Å². The van der Waals surface area contributed by atoms with E-state index in [1.807, 2.05) is 0 Å². The minimum Gasteiger partial charge on any atom is -0.381 e.